The number of hydrogen-bond donors (Lipinski definition) is 0. The lowest BCUT2D eigenvalue weighted by Gasteiger charge is -2.49. The van der Waals surface area contributed by atoms with E-state index in [1.165, 1.54) is 0 Å². The Hall–Kier alpha value is -1.32. The summed E-state index contributed by atoms with van der Waals surface area (Å²) in [6, 6.07) is 0. The van der Waals surface area contributed by atoms with Gasteiger partial charge < -0.3 is 9.47 Å². The van der Waals surface area contributed by atoms with Gasteiger partial charge in [0.25, 0.3) is 0 Å². The van der Waals surface area contributed by atoms with Gasteiger partial charge in [0.15, 0.2) is 0 Å². The number of hydrogen-bond acceptors (Lipinski definition) is 4. The molecule has 0 spiro atoms. The minimum Gasteiger partial charge on any atom is -0.459 e. The molecule has 2 bridgehead atoms. The van der Waals surface area contributed by atoms with Gasteiger partial charge in [-0.1, -0.05) is 6.58 Å². The van der Waals surface area contributed by atoms with Gasteiger partial charge in [0.2, 0.25) is 0 Å². The first-order valence-corrected chi connectivity index (χ1v) is 6.05. The van der Waals surface area contributed by atoms with Crippen LogP contribution in [0, 0.1) is 11.8 Å². The highest BCUT2D eigenvalue weighted by molar-refractivity contribution is 5.82. The van der Waals surface area contributed by atoms with Crippen molar-refractivity contribution in [3.05, 3.63) is 12.7 Å². The van der Waals surface area contributed by atoms with Crippen molar-refractivity contribution >= 4 is 11.9 Å². The van der Waals surface area contributed by atoms with Gasteiger partial charge in [0.05, 0.1) is 6.42 Å². The molecule has 2 saturated carbocycles. The summed E-state index contributed by atoms with van der Waals surface area (Å²) < 4.78 is 11.0. The molecule has 0 amide bonds. The average molecular weight is 236 g/mol. The lowest BCUT2D eigenvalue weighted by molar-refractivity contribution is -0.216. The third-order valence-corrected chi connectivity index (χ3v) is 4.53. The lowest BCUT2D eigenvalue weighted by atomic mass is 9.71. The Labute approximate surface area is 100.0 Å². The van der Waals surface area contributed by atoms with E-state index >= 15 is 0 Å². The zero-order chi connectivity index (χ0) is 12.3. The Balaban J connectivity index is 1.95. The van der Waals surface area contributed by atoms with Crippen molar-refractivity contribution in [2.75, 3.05) is 0 Å². The summed E-state index contributed by atoms with van der Waals surface area (Å²) in [6.07, 6.45) is 4.05. The topological polar surface area (TPSA) is 52.6 Å². The fourth-order valence-electron chi connectivity index (χ4n) is 4.18. The molecule has 0 radical (unpaired) electrons. The Kier molecular flexibility index (Phi) is 1.98. The Morgan fingerprint density at radius 3 is 3.00 bits per heavy atom. The molecule has 0 N–H and O–H groups in total. The van der Waals surface area contributed by atoms with Crippen LogP contribution in [0.3, 0.4) is 0 Å². The van der Waals surface area contributed by atoms with E-state index in [0.29, 0.717) is 5.92 Å². The standard InChI is InChI=1S/C13H16O4/c1-3-10(14)17-13-6-8-4-9(13)12(2,5-8)16-11(15)7-13/h3,8-9H,1,4-7H2,2H3. The normalized spacial score (nSPS) is 46.5. The number of fused-ring (bicyclic) bond motifs is 1. The van der Waals surface area contributed by atoms with E-state index in [4.69, 9.17) is 9.47 Å². The minimum absolute atomic E-state index is 0.154. The largest absolute Gasteiger partial charge is 0.459 e. The molecule has 4 atom stereocenters. The molecule has 1 heterocycles. The first kappa shape index (κ1) is 10.8. The smallest absolute Gasteiger partial charge is 0.330 e. The Morgan fingerprint density at radius 2 is 2.35 bits per heavy atom. The van der Waals surface area contributed by atoms with E-state index in [-0.39, 0.29) is 18.3 Å². The third-order valence-electron chi connectivity index (χ3n) is 4.53. The summed E-state index contributed by atoms with van der Waals surface area (Å²) >= 11 is 0. The Bertz CT molecular complexity index is 416. The molecule has 2 aliphatic carbocycles. The van der Waals surface area contributed by atoms with Gasteiger partial charge in [-0.3, -0.25) is 4.79 Å². The summed E-state index contributed by atoms with van der Waals surface area (Å²) in [4.78, 5) is 23.1. The van der Waals surface area contributed by atoms with Crippen LogP contribution in [0.4, 0.5) is 0 Å². The van der Waals surface area contributed by atoms with Crippen molar-refractivity contribution in [2.24, 2.45) is 11.8 Å². The van der Waals surface area contributed by atoms with Crippen molar-refractivity contribution < 1.29 is 19.1 Å². The average Bonchev–Trinajstić information content (AvgIpc) is 2.69. The van der Waals surface area contributed by atoms with Gasteiger partial charge in [-0.15, -0.1) is 0 Å². The molecule has 1 saturated heterocycles. The summed E-state index contributed by atoms with van der Waals surface area (Å²) in [6.45, 7) is 5.38. The van der Waals surface area contributed by atoms with Crippen LogP contribution in [-0.2, 0) is 19.1 Å². The third kappa shape index (κ3) is 1.36. The van der Waals surface area contributed by atoms with E-state index in [0.717, 1.165) is 25.3 Å². The predicted molar refractivity (Wildman–Crippen MR) is 59.0 cm³/mol. The molecule has 17 heavy (non-hydrogen) atoms. The molecule has 4 heteroatoms. The molecular weight excluding hydrogens is 220 g/mol. The summed E-state index contributed by atoms with van der Waals surface area (Å²) in [7, 11) is 0. The van der Waals surface area contributed by atoms with E-state index < -0.39 is 17.2 Å². The van der Waals surface area contributed by atoms with Crippen LogP contribution >= 0.6 is 0 Å². The molecule has 0 aromatic rings. The molecule has 4 unspecified atom stereocenters. The zero-order valence-electron chi connectivity index (χ0n) is 9.90. The summed E-state index contributed by atoms with van der Waals surface area (Å²) in [5, 5.41) is 0. The minimum atomic E-state index is -0.627. The van der Waals surface area contributed by atoms with Crippen LogP contribution in [0.25, 0.3) is 0 Å². The highest BCUT2D eigenvalue weighted by Gasteiger charge is 2.68. The van der Waals surface area contributed by atoms with E-state index in [1.807, 2.05) is 6.92 Å². The van der Waals surface area contributed by atoms with E-state index in [9.17, 15) is 9.59 Å². The van der Waals surface area contributed by atoms with E-state index in [2.05, 4.69) is 6.58 Å². The maximum atomic E-state index is 11.7. The van der Waals surface area contributed by atoms with Crippen LogP contribution < -0.4 is 0 Å². The molecule has 1 aliphatic heterocycles. The van der Waals surface area contributed by atoms with E-state index in [1.54, 1.807) is 0 Å². The first-order valence-electron chi connectivity index (χ1n) is 6.05. The first-order chi connectivity index (χ1) is 7.97. The van der Waals surface area contributed by atoms with Crippen molar-refractivity contribution in [3.8, 4) is 0 Å². The van der Waals surface area contributed by atoms with Crippen LogP contribution in [0.5, 0.6) is 0 Å². The van der Waals surface area contributed by atoms with Crippen LogP contribution in [-0.4, -0.2) is 23.1 Å². The Morgan fingerprint density at radius 1 is 1.59 bits per heavy atom. The highest BCUT2D eigenvalue weighted by atomic mass is 16.6. The van der Waals surface area contributed by atoms with Gasteiger partial charge >= 0.3 is 11.9 Å². The lowest BCUT2D eigenvalue weighted by Crippen LogP contribution is -2.58. The molecule has 92 valence electrons. The molecule has 3 aliphatic rings. The second kappa shape index (κ2) is 3.12. The summed E-state index contributed by atoms with van der Waals surface area (Å²) in [5.74, 6) is -0.0205. The molecule has 3 fully saturated rings. The highest BCUT2D eigenvalue weighted by Crippen LogP contribution is 2.62. The van der Waals surface area contributed by atoms with Crippen LogP contribution in [0.15, 0.2) is 12.7 Å². The molecular formula is C13H16O4. The van der Waals surface area contributed by atoms with Crippen molar-refractivity contribution in [1.29, 1.82) is 0 Å². The fourth-order valence-corrected chi connectivity index (χ4v) is 4.18. The van der Waals surface area contributed by atoms with Crippen LogP contribution in [0.2, 0.25) is 0 Å². The quantitative estimate of drug-likeness (QED) is 0.539. The van der Waals surface area contributed by atoms with Gasteiger partial charge in [0, 0.05) is 12.0 Å². The zero-order valence-corrected chi connectivity index (χ0v) is 9.90. The summed E-state index contributed by atoms with van der Waals surface area (Å²) in [5.41, 5.74) is -1.06. The van der Waals surface area contributed by atoms with Crippen molar-refractivity contribution in [1.82, 2.24) is 0 Å². The van der Waals surface area contributed by atoms with Crippen LogP contribution in [0.1, 0.15) is 32.6 Å². The second-order valence-electron chi connectivity index (χ2n) is 5.72. The molecule has 0 aromatic heterocycles. The SMILES string of the molecule is C=CC(=O)OC12CC(=O)OC3(C)CC(CC31)C2. The van der Waals surface area contributed by atoms with Crippen molar-refractivity contribution in [2.45, 2.75) is 43.8 Å². The maximum Gasteiger partial charge on any atom is 0.330 e. The van der Waals surface area contributed by atoms with Gasteiger partial charge in [-0.25, -0.2) is 4.79 Å². The van der Waals surface area contributed by atoms with Gasteiger partial charge in [0.1, 0.15) is 11.2 Å². The maximum absolute atomic E-state index is 11.7. The number of carbonyl (C=O) groups is 2. The molecule has 0 aromatic carbocycles. The van der Waals surface area contributed by atoms with Gasteiger partial charge in [-0.05, 0) is 32.1 Å². The molecule has 3 rings (SSSR count). The number of rotatable bonds is 2. The number of esters is 2. The second-order valence-corrected chi connectivity index (χ2v) is 5.72. The van der Waals surface area contributed by atoms with Gasteiger partial charge in [-0.2, -0.15) is 0 Å². The number of carbonyl (C=O) groups excluding carboxylic acids is 2. The van der Waals surface area contributed by atoms with Crippen molar-refractivity contribution in [3.63, 3.8) is 0 Å². The number of ether oxygens (including phenoxy) is 2. The fraction of sp³-hybridized carbons (Fsp3) is 0.692. The monoisotopic (exact) mass is 236 g/mol. The predicted octanol–water partition coefficient (Wildman–Crippen LogP) is 1.59. The molecule has 4 nitrogen and oxygen atoms in total.